The van der Waals surface area contributed by atoms with Crippen LogP contribution in [0.3, 0.4) is 0 Å². The van der Waals surface area contributed by atoms with Gasteiger partial charge in [-0.2, -0.15) is 0 Å². The minimum atomic E-state index is -1.06. The van der Waals surface area contributed by atoms with Gasteiger partial charge in [0.15, 0.2) is 11.5 Å². The predicted molar refractivity (Wildman–Crippen MR) is 124 cm³/mol. The molecule has 0 heterocycles. The summed E-state index contributed by atoms with van der Waals surface area (Å²) in [5.74, 6) is -1.39. The van der Waals surface area contributed by atoms with Crippen molar-refractivity contribution in [3.8, 4) is 11.5 Å². The van der Waals surface area contributed by atoms with E-state index >= 15 is 0 Å². The molecule has 1 aromatic rings. The molecule has 0 aromatic heterocycles. The number of rotatable bonds is 12. The second kappa shape index (κ2) is 14.8. The molecule has 0 saturated carbocycles. The third-order valence-electron chi connectivity index (χ3n) is 4.74. The van der Waals surface area contributed by atoms with Gasteiger partial charge < -0.3 is 34.2 Å². The average molecular weight is 498 g/mol. The molecule has 1 aromatic carbocycles. The molecule has 0 radical (unpaired) electrons. The minimum Gasteiger partial charge on any atom is -0.462 e. The average Bonchev–Trinajstić information content (AvgIpc) is 2.78. The fourth-order valence-corrected chi connectivity index (χ4v) is 2.46. The third kappa shape index (κ3) is 11.6. The van der Waals surface area contributed by atoms with Crippen molar-refractivity contribution in [1.82, 2.24) is 0 Å². The molecular formula is C24H35NO10. The molecule has 2 N–H and O–H groups in total. The lowest BCUT2D eigenvalue weighted by Gasteiger charge is -2.18. The molecule has 35 heavy (non-hydrogen) atoms. The van der Waals surface area contributed by atoms with Gasteiger partial charge in [0.1, 0.15) is 31.0 Å². The van der Waals surface area contributed by atoms with E-state index in [1.165, 1.54) is 19.1 Å². The monoisotopic (exact) mass is 497 g/mol. The van der Waals surface area contributed by atoms with Crippen LogP contribution in [-0.2, 0) is 35.0 Å². The predicted octanol–water partition coefficient (Wildman–Crippen LogP) is 3.68. The SMILES string of the molecule is CCC(C)OC(=O)Oc1cc(C[C@H](N)C(=O)OC(C)COC(C)=O)ccc1OC(=O)O[C@H](C)CC. The van der Waals surface area contributed by atoms with Gasteiger partial charge in [0.05, 0.1) is 0 Å². The lowest BCUT2D eigenvalue weighted by atomic mass is 10.1. The van der Waals surface area contributed by atoms with E-state index in [1.54, 1.807) is 26.8 Å². The van der Waals surface area contributed by atoms with E-state index in [2.05, 4.69) is 0 Å². The summed E-state index contributed by atoms with van der Waals surface area (Å²) in [6.07, 6.45) is -2.20. The van der Waals surface area contributed by atoms with Crippen LogP contribution in [-0.4, -0.2) is 55.2 Å². The van der Waals surface area contributed by atoms with Crippen molar-refractivity contribution in [2.24, 2.45) is 5.73 Å². The van der Waals surface area contributed by atoms with Crippen molar-refractivity contribution in [3.63, 3.8) is 0 Å². The number of hydrogen-bond donors (Lipinski definition) is 1. The summed E-state index contributed by atoms with van der Waals surface area (Å²) in [5, 5.41) is 0. The smallest absolute Gasteiger partial charge is 0.462 e. The van der Waals surface area contributed by atoms with E-state index in [4.69, 9.17) is 34.2 Å². The number of carbonyl (C=O) groups is 4. The second-order valence-corrected chi connectivity index (χ2v) is 8.02. The Morgan fingerprint density at radius 1 is 0.829 bits per heavy atom. The van der Waals surface area contributed by atoms with Crippen LogP contribution in [0.5, 0.6) is 11.5 Å². The fraction of sp³-hybridized carbons (Fsp3) is 0.583. The van der Waals surface area contributed by atoms with Gasteiger partial charge in [0, 0.05) is 6.92 Å². The van der Waals surface area contributed by atoms with Gasteiger partial charge in [0.25, 0.3) is 0 Å². The molecule has 0 spiro atoms. The van der Waals surface area contributed by atoms with Crippen molar-refractivity contribution in [1.29, 1.82) is 0 Å². The van der Waals surface area contributed by atoms with Gasteiger partial charge in [0.2, 0.25) is 0 Å². The van der Waals surface area contributed by atoms with Crippen LogP contribution in [0.15, 0.2) is 18.2 Å². The molecule has 0 aliphatic heterocycles. The highest BCUT2D eigenvalue weighted by atomic mass is 16.7. The van der Waals surface area contributed by atoms with Crippen LogP contribution in [0.4, 0.5) is 9.59 Å². The number of esters is 2. The third-order valence-corrected chi connectivity index (χ3v) is 4.74. The van der Waals surface area contributed by atoms with Crippen molar-refractivity contribution in [2.75, 3.05) is 6.61 Å². The maximum Gasteiger partial charge on any atom is 0.514 e. The summed E-state index contributed by atoms with van der Waals surface area (Å²) < 4.78 is 30.6. The number of benzene rings is 1. The van der Waals surface area contributed by atoms with Gasteiger partial charge >= 0.3 is 24.2 Å². The molecule has 0 amide bonds. The van der Waals surface area contributed by atoms with E-state index < -0.39 is 36.4 Å². The molecule has 11 nitrogen and oxygen atoms in total. The molecule has 4 atom stereocenters. The van der Waals surface area contributed by atoms with Gasteiger partial charge in [-0.15, -0.1) is 0 Å². The van der Waals surface area contributed by atoms with Crippen LogP contribution in [0.25, 0.3) is 0 Å². The zero-order valence-electron chi connectivity index (χ0n) is 21.0. The van der Waals surface area contributed by atoms with Gasteiger partial charge in [-0.3, -0.25) is 9.59 Å². The van der Waals surface area contributed by atoms with Crippen LogP contribution in [0.2, 0.25) is 0 Å². The summed E-state index contributed by atoms with van der Waals surface area (Å²) >= 11 is 0. The molecule has 196 valence electrons. The maximum absolute atomic E-state index is 12.3. The summed E-state index contributed by atoms with van der Waals surface area (Å²) in [5.41, 5.74) is 6.45. The van der Waals surface area contributed by atoms with Crippen molar-refractivity contribution >= 4 is 24.2 Å². The molecule has 2 unspecified atom stereocenters. The largest absolute Gasteiger partial charge is 0.514 e. The molecule has 0 bridgehead atoms. The number of hydrogen-bond acceptors (Lipinski definition) is 11. The Hall–Kier alpha value is -3.34. The molecule has 0 aliphatic rings. The molecule has 0 saturated heterocycles. The Morgan fingerprint density at radius 3 is 1.89 bits per heavy atom. The second-order valence-electron chi connectivity index (χ2n) is 8.02. The molecule has 0 fully saturated rings. The first-order valence-electron chi connectivity index (χ1n) is 11.4. The fourth-order valence-electron chi connectivity index (χ4n) is 2.46. The van der Waals surface area contributed by atoms with Crippen molar-refractivity contribution in [2.45, 2.75) is 85.2 Å². The van der Waals surface area contributed by atoms with Crippen LogP contribution < -0.4 is 15.2 Å². The van der Waals surface area contributed by atoms with Gasteiger partial charge in [-0.25, -0.2) is 9.59 Å². The van der Waals surface area contributed by atoms with E-state index in [0.29, 0.717) is 18.4 Å². The zero-order chi connectivity index (χ0) is 26.5. The molecule has 0 aliphatic carbocycles. The Kier molecular flexibility index (Phi) is 12.6. The van der Waals surface area contributed by atoms with Crippen LogP contribution in [0, 0.1) is 0 Å². The van der Waals surface area contributed by atoms with Gasteiger partial charge in [-0.1, -0.05) is 19.9 Å². The van der Waals surface area contributed by atoms with Crippen molar-refractivity contribution in [3.05, 3.63) is 23.8 Å². The van der Waals surface area contributed by atoms with E-state index in [9.17, 15) is 19.2 Å². The Bertz CT molecular complexity index is 872. The molecule has 1 rings (SSSR count). The lowest BCUT2D eigenvalue weighted by Crippen LogP contribution is -2.37. The first kappa shape index (κ1) is 29.7. The summed E-state index contributed by atoms with van der Waals surface area (Å²) in [6.45, 7) is 9.81. The van der Waals surface area contributed by atoms with E-state index in [-0.39, 0.29) is 36.7 Å². The topological polar surface area (TPSA) is 150 Å². The van der Waals surface area contributed by atoms with Crippen LogP contribution in [0.1, 0.15) is 59.9 Å². The summed E-state index contributed by atoms with van der Waals surface area (Å²) in [7, 11) is 0. The molecule has 11 heteroatoms. The first-order chi connectivity index (χ1) is 16.4. The van der Waals surface area contributed by atoms with Crippen molar-refractivity contribution < 1.29 is 47.6 Å². The first-order valence-corrected chi connectivity index (χ1v) is 11.4. The van der Waals surface area contributed by atoms with E-state index in [1.807, 2.05) is 13.8 Å². The maximum atomic E-state index is 12.3. The number of carbonyl (C=O) groups excluding carboxylic acids is 4. The summed E-state index contributed by atoms with van der Waals surface area (Å²) in [6, 6.07) is 3.28. The van der Waals surface area contributed by atoms with Gasteiger partial charge in [-0.05, 0) is 57.7 Å². The lowest BCUT2D eigenvalue weighted by molar-refractivity contribution is -0.157. The Balaban J connectivity index is 2.97. The summed E-state index contributed by atoms with van der Waals surface area (Å²) in [4.78, 5) is 47.4. The Morgan fingerprint density at radius 2 is 1.37 bits per heavy atom. The quantitative estimate of drug-likeness (QED) is 0.256. The minimum absolute atomic E-state index is 0.0213. The Labute approximate surface area is 205 Å². The highest BCUT2D eigenvalue weighted by molar-refractivity contribution is 5.76. The standard InChI is InChI=1S/C24H35NO10/c1-7-14(3)32-23(28)34-20-10-9-18(12-21(20)35-24(29)33-15(4)8-2)11-19(25)22(27)31-16(5)13-30-17(6)26/h9-10,12,14-16,19H,7-8,11,13,25H2,1-6H3/t14-,15?,16?,19+/m1/s1. The number of ether oxygens (including phenoxy) is 6. The highest BCUT2D eigenvalue weighted by Crippen LogP contribution is 2.30. The molecular weight excluding hydrogens is 462 g/mol. The van der Waals surface area contributed by atoms with E-state index in [0.717, 1.165) is 0 Å². The zero-order valence-corrected chi connectivity index (χ0v) is 21.0. The highest BCUT2D eigenvalue weighted by Gasteiger charge is 2.22. The normalized spacial score (nSPS) is 14.0. The van der Waals surface area contributed by atoms with Crippen LogP contribution >= 0.6 is 0 Å². The number of nitrogens with two attached hydrogens (primary N) is 1.